The molecule has 0 atom stereocenters. The molecule has 3 aromatic rings. The van der Waals surface area contributed by atoms with E-state index in [-0.39, 0.29) is 11.8 Å². The lowest BCUT2D eigenvalue weighted by atomic mass is 10.1. The van der Waals surface area contributed by atoms with Crippen LogP contribution in [-0.4, -0.2) is 30.9 Å². The topological polar surface area (TPSA) is 74.3 Å². The summed E-state index contributed by atoms with van der Waals surface area (Å²) in [7, 11) is 3.90. The van der Waals surface area contributed by atoms with Crippen LogP contribution in [0, 0.1) is 0 Å². The number of amides is 2. The molecule has 142 valence electrons. The van der Waals surface area contributed by atoms with Gasteiger partial charge in [0.15, 0.2) is 0 Å². The van der Waals surface area contributed by atoms with Gasteiger partial charge in [-0.1, -0.05) is 12.1 Å². The number of carbonyl (C=O) groups is 2. The molecule has 0 radical (unpaired) electrons. The summed E-state index contributed by atoms with van der Waals surface area (Å²) in [4.78, 5) is 30.5. The molecular formula is C22H22N4O2. The van der Waals surface area contributed by atoms with Gasteiger partial charge in [0.05, 0.1) is 5.56 Å². The lowest BCUT2D eigenvalue weighted by molar-refractivity contribution is 0.0949. The van der Waals surface area contributed by atoms with E-state index in [4.69, 9.17) is 0 Å². The highest BCUT2D eigenvalue weighted by atomic mass is 16.2. The fraction of sp³-hybridized carbons (Fsp3) is 0.136. The van der Waals surface area contributed by atoms with Crippen molar-refractivity contribution in [2.45, 2.75) is 6.54 Å². The molecule has 0 bridgehead atoms. The normalized spacial score (nSPS) is 10.2. The number of aromatic nitrogens is 1. The molecule has 3 rings (SSSR count). The Hall–Kier alpha value is -3.67. The van der Waals surface area contributed by atoms with Crippen molar-refractivity contribution in [1.29, 1.82) is 0 Å². The van der Waals surface area contributed by atoms with E-state index in [2.05, 4.69) is 15.6 Å². The molecule has 2 N–H and O–H groups in total. The van der Waals surface area contributed by atoms with E-state index in [0.717, 1.165) is 11.3 Å². The van der Waals surface area contributed by atoms with Crippen molar-refractivity contribution in [1.82, 2.24) is 10.3 Å². The minimum absolute atomic E-state index is 0.179. The van der Waals surface area contributed by atoms with E-state index in [1.165, 1.54) is 6.20 Å². The zero-order valence-electron chi connectivity index (χ0n) is 15.8. The van der Waals surface area contributed by atoms with Crippen molar-refractivity contribution >= 4 is 23.2 Å². The minimum atomic E-state index is -0.191. The average Bonchev–Trinajstić information content (AvgIpc) is 2.73. The number of carbonyl (C=O) groups excluding carboxylic acids is 2. The number of hydrogen-bond donors (Lipinski definition) is 2. The van der Waals surface area contributed by atoms with E-state index in [1.54, 1.807) is 30.5 Å². The van der Waals surface area contributed by atoms with Gasteiger partial charge in [0.25, 0.3) is 11.8 Å². The van der Waals surface area contributed by atoms with Crippen LogP contribution in [0.1, 0.15) is 26.3 Å². The third kappa shape index (κ3) is 4.94. The maximum atomic E-state index is 12.5. The molecule has 0 aliphatic carbocycles. The Bertz CT molecular complexity index is 954. The molecule has 2 amide bonds. The largest absolute Gasteiger partial charge is 0.378 e. The third-order valence-electron chi connectivity index (χ3n) is 4.21. The second kappa shape index (κ2) is 8.81. The summed E-state index contributed by atoms with van der Waals surface area (Å²) in [5.74, 6) is -0.370. The molecule has 28 heavy (non-hydrogen) atoms. The number of anilines is 2. The molecular weight excluding hydrogens is 352 g/mol. The van der Waals surface area contributed by atoms with Crippen LogP contribution in [-0.2, 0) is 6.54 Å². The Morgan fingerprint density at radius 2 is 1.71 bits per heavy atom. The van der Waals surface area contributed by atoms with Crippen LogP contribution in [0.3, 0.4) is 0 Å². The van der Waals surface area contributed by atoms with E-state index < -0.39 is 0 Å². The van der Waals surface area contributed by atoms with Crippen molar-refractivity contribution in [2.24, 2.45) is 0 Å². The molecule has 0 spiro atoms. The Morgan fingerprint density at radius 1 is 0.929 bits per heavy atom. The zero-order valence-corrected chi connectivity index (χ0v) is 15.8. The van der Waals surface area contributed by atoms with Gasteiger partial charge in [0.1, 0.15) is 0 Å². The summed E-state index contributed by atoms with van der Waals surface area (Å²) in [5.41, 5.74) is 3.68. The molecule has 1 heterocycles. The number of hydrogen-bond acceptors (Lipinski definition) is 4. The van der Waals surface area contributed by atoms with E-state index >= 15 is 0 Å². The molecule has 6 nitrogen and oxygen atoms in total. The Morgan fingerprint density at radius 3 is 2.39 bits per heavy atom. The SMILES string of the molecule is CN(C)c1ccc(C(=O)Nc2cccc(CNC(=O)c3cccnc3)c2)cc1. The van der Waals surface area contributed by atoms with Gasteiger partial charge >= 0.3 is 0 Å². The van der Waals surface area contributed by atoms with E-state index in [0.29, 0.717) is 23.4 Å². The van der Waals surface area contributed by atoms with E-state index in [9.17, 15) is 9.59 Å². The summed E-state index contributed by atoms with van der Waals surface area (Å²) in [6.07, 6.45) is 3.14. The smallest absolute Gasteiger partial charge is 0.255 e. The lowest BCUT2D eigenvalue weighted by Gasteiger charge is -2.13. The number of rotatable bonds is 6. The highest BCUT2D eigenvalue weighted by Gasteiger charge is 2.08. The van der Waals surface area contributed by atoms with Crippen LogP contribution in [0.5, 0.6) is 0 Å². The van der Waals surface area contributed by atoms with Crippen molar-refractivity contribution in [3.63, 3.8) is 0 Å². The van der Waals surface area contributed by atoms with Crippen LogP contribution >= 0.6 is 0 Å². The maximum Gasteiger partial charge on any atom is 0.255 e. The fourth-order valence-electron chi connectivity index (χ4n) is 2.65. The van der Waals surface area contributed by atoms with Gasteiger partial charge in [-0.15, -0.1) is 0 Å². The highest BCUT2D eigenvalue weighted by Crippen LogP contribution is 2.15. The number of nitrogens with one attached hydrogen (secondary N) is 2. The van der Waals surface area contributed by atoms with E-state index in [1.807, 2.05) is 55.4 Å². The van der Waals surface area contributed by atoms with Gasteiger partial charge < -0.3 is 15.5 Å². The van der Waals surface area contributed by atoms with Gasteiger partial charge in [0, 0.05) is 50.0 Å². The molecule has 0 saturated heterocycles. The Kier molecular flexibility index (Phi) is 6.01. The first kappa shape index (κ1) is 19.1. The molecule has 0 unspecified atom stereocenters. The molecule has 2 aromatic carbocycles. The molecule has 0 aliphatic heterocycles. The van der Waals surface area contributed by atoms with Crippen LogP contribution in [0.4, 0.5) is 11.4 Å². The molecule has 1 aromatic heterocycles. The second-order valence-corrected chi connectivity index (χ2v) is 6.52. The summed E-state index contributed by atoms with van der Waals surface area (Å²) in [6.45, 7) is 0.356. The van der Waals surface area contributed by atoms with Crippen molar-refractivity contribution in [3.8, 4) is 0 Å². The summed E-state index contributed by atoms with van der Waals surface area (Å²) in [6, 6.07) is 18.2. The first-order chi connectivity index (χ1) is 13.5. The number of benzene rings is 2. The monoisotopic (exact) mass is 374 g/mol. The van der Waals surface area contributed by atoms with Crippen LogP contribution in [0.2, 0.25) is 0 Å². The Balaban J connectivity index is 1.61. The van der Waals surface area contributed by atoms with Crippen LogP contribution in [0.15, 0.2) is 73.1 Å². The predicted molar refractivity (Wildman–Crippen MR) is 111 cm³/mol. The van der Waals surface area contributed by atoms with Gasteiger partial charge in [-0.3, -0.25) is 14.6 Å². The summed E-state index contributed by atoms with van der Waals surface area (Å²) in [5, 5.41) is 5.74. The van der Waals surface area contributed by atoms with Crippen LogP contribution < -0.4 is 15.5 Å². The minimum Gasteiger partial charge on any atom is -0.378 e. The summed E-state index contributed by atoms with van der Waals surface area (Å²) < 4.78 is 0. The second-order valence-electron chi connectivity index (χ2n) is 6.52. The molecule has 6 heteroatoms. The quantitative estimate of drug-likeness (QED) is 0.694. The standard InChI is InChI=1S/C22H22N4O2/c1-26(2)20-10-8-17(9-11-20)22(28)25-19-7-3-5-16(13-19)14-24-21(27)18-6-4-12-23-15-18/h3-13,15H,14H2,1-2H3,(H,24,27)(H,25,28). The highest BCUT2D eigenvalue weighted by molar-refractivity contribution is 6.04. The number of pyridine rings is 1. The number of nitrogens with zero attached hydrogens (tertiary/aromatic N) is 2. The average molecular weight is 374 g/mol. The van der Waals surface area contributed by atoms with Crippen LogP contribution in [0.25, 0.3) is 0 Å². The first-order valence-electron chi connectivity index (χ1n) is 8.89. The van der Waals surface area contributed by atoms with Gasteiger partial charge in [-0.25, -0.2) is 0 Å². The van der Waals surface area contributed by atoms with Gasteiger partial charge in [-0.2, -0.15) is 0 Å². The molecule has 0 aliphatic rings. The van der Waals surface area contributed by atoms with Crippen molar-refractivity contribution in [2.75, 3.05) is 24.3 Å². The molecule has 0 saturated carbocycles. The van der Waals surface area contributed by atoms with Gasteiger partial charge in [-0.05, 0) is 54.1 Å². The summed E-state index contributed by atoms with van der Waals surface area (Å²) >= 11 is 0. The van der Waals surface area contributed by atoms with Crippen molar-refractivity contribution in [3.05, 3.63) is 89.7 Å². The predicted octanol–water partition coefficient (Wildman–Crippen LogP) is 3.33. The van der Waals surface area contributed by atoms with Crippen molar-refractivity contribution < 1.29 is 9.59 Å². The fourth-order valence-corrected chi connectivity index (χ4v) is 2.65. The zero-order chi connectivity index (χ0) is 19.9. The van der Waals surface area contributed by atoms with Gasteiger partial charge in [0.2, 0.25) is 0 Å². The first-order valence-corrected chi connectivity index (χ1v) is 8.89. The Labute approximate surface area is 164 Å². The molecule has 0 fully saturated rings. The maximum absolute atomic E-state index is 12.5. The lowest BCUT2D eigenvalue weighted by Crippen LogP contribution is -2.23. The third-order valence-corrected chi connectivity index (χ3v) is 4.21.